The molecule has 1 aliphatic carbocycles. The second kappa shape index (κ2) is 12.5. The molecule has 1 amide bonds. The quantitative estimate of drug-likeness (QED) is 0.190. The predicted octanol–water partition coefficient (Wildman–Crippen LogP) is 6.93. The Bertz CT molecular complexity index is 1910. The summed E-state index contributed by atoms with van der Waals surface area (Å²) in [7, 11) is 0. The SMILES string of the molecule is Cc1csc(C2(CNC(=O)OCc3ccccc3)C3CCN(c4cnc5c(-c6cccc(Cl)c6)nn(C6CCCCO6)c5n4)CC32)n1. The summed E-state index contributed by atoms with van der Waals surface area (Å²) in [6, 6.07) is 17.4. The molecule has 0 spiro atoms. The van der Waals surface area contributed by atoms with Crippen molar-refractivity contribution in [1.29, 1.82) is 0 Å². The molecule has 5 aromatic rings. The van der Waals surface area contributed by atoms with Gasteiger partial charge in [0.05, 0.1) is 6.20 Å². The van der Waals surface area contributed by atoms with E-state index in [9.17, 15) is 4.79 Å². The fourth-order valence-corrected chi connectivity index (χ4v) is 8.72. The van der Waals surface area contributed by atoms with Crippen LogP contribution in [0.3, 0.4) is 0 Å². The zero-order valence-corrected chi connectivity index (χ0v) is 27.7. The highest BCUT2D eigenvalue weighted by atomic mass is 35.5. The summed E-state index contributed by atoms with van der Waals surface area (Å²) in [6.45, 7) is 5.07. The molecule has 2 aliphatic heterocycles. The summed E-state index contributed by atoms with van der Waals surface area (Å²) in [5.41, 5.74) is 4.81. The van der Waals surface area contributed by atoms with Gasteiger partial charge in [0, 0.05) is 53.3 Å². The number of fused-ring (bicyclic) bond motifs is 2. The van der Waals surface area contributed by atoms with Crippen molar-refractivity contribution in [2.75, 3.05) is 31.1 Å². The van der Waals surface area contributed by atoms with E-state index < -0.39 is 6.09 Å². The molecule has 0 radical (unpaired) electrons. The van der Waals surface area contributed by atoms with E-state index in [2.05, 4.69) is 15.6 Å². The van der Waals surface area contributed by atoms with Gasteiger partial charge in [-0.3, -0.25) is 0 Å². The van der Waals surface area contributed by atoms with Crippen molar-refractivity contribution in [1.82, 2.24) is 30.0 Å². The number of thiazole rings is 1. The van der Waals surface area contributed by atoms with E-state index in [1.165, 1.54) is 0 Å². The number of halogens is 1. The van der Waals surface area contributed by atoms with Crippen molar-refractivity contribution in [3.8, 4) is 11.3 Å². The first-order valence-electron chi connectivity index (χ1n) is 16.2. The molecule has 4 unspecified atom stereocenters. The third-order valence-electron chi connectivity index (χ3n) is 9.82. The van der Waals surface area contributed by atoms with Gasteiger partial charge in [0.25, 0.3) is 0 Å². The number of carbonyl (C=O) groups is 1. The molecule has 10 nitrogen and oxygen atoms in total. The van der Waals surface area contributed by atoms with Gasteiger partial charge in [0.15, 0.2) is 11.9 Å². The normalized spacial score (nSPS) is 23.8. The van der Waals surface area contributed by atoms with Crippen molar-refractivity contribution in [3.63, 3.8) is 0 Å². The van der Waals surface area contributed by atoms with Crippen molar-refractivity contribution in [3.05, 3.63) is 87.5 Å². The average molecular weight is 670 g/mol. The number of benzene rings is 2. The highest BCUT2D eigenvalue weighted by Crippen LogP contribution is 2.64. The first-order valence-corrected chi connectivity index (χ1v) is 17.5. The molecule has 3 aromatic heterocycles. The Morgan fingerprint density at radius 1 is 1.13 bits per heavy atom. The number of aromatic nitrogens is 5. The van der Waals surface area contributed by atoms with Gasteiger partial charge in [0.2, 0.25) is 0 Å². The summed E-state index contributed by atoms with van der Waals surface area (Å²) in [5, 5.41) is 11.9. The lowest BCUT2D eigenvalue weighted by molar-refractivity contribution is -0.0368. The summed E-state index contributed by atoms with van der Waals surface area (Å²) in [6.07, 6.45) is 5.22. The monoisotopic (exact) mass is 669 g/mol. The van der Waals surface area contributed by atoms with E-state index >= 15 is 0 Å². The van der Waals surface area contributed by atoms with Crippen molar-refractivity contribution in [2.24, 2.45) is 11.8 Å². The van der Waals surface area contributed by atoms with Crippen LogP contribution >= 0.6 is 22.9 Å². The third kappa shape index (κ3) is 5.74. The molecular formula is C35H36ClN7O3S. The largest absolute Gasteiger partial charge is 0.445 e. The van der Waals surface area contributed by atoms with E-state index in [4.69, 9.17) is 41.1 Å². The molecule has 1 N–H and O–H groups in total. The lowest BCUT2D eigenvalue weighted by atomic mass is 10.0. The van der Waals surface area contributed by atoms with Crippen LogP contribution in [-0.2, 0) is 21.5 Å². The summed E-state index contributed by atoms with van der Waals surface area (Å²) >= 11 is 8.04. The molecule has 1 saturated carbocycles. The molecule has 242 valence electrons. The number of ether oxygens (including phenoxy) is 2. The van der Waals surface area contributed by atoms with Crippen LogP contribution in [0.5, 0.6) is 0 Å². The second-order valence-electron chi connectivity index (χ2n) is 12.7. The number of hydrogen-bond acceptors (Lipinski definition) is 9. The number of aryl methyl sites for hydroxylation is 1. The maximum Gasteiger partial charge on any atom is 0.407 e. The number of anilines is 1. The maximum absolute atomic E-state index is 12.8. The van der Waals surface area contributed by atoms with E-state index in [-0.39, 0.29) is 18.2 Å². The number of nitrogens with zero attached hydrogens (tertiary/aromatic N) is 6. The molecular weight excluding hydrogens is 634 g/mol. The molecule has 8 rings (SSSR count). The third-order valence-corrected chi connectivity index (χ3v) is 11.2. The minimum absolute atomic E-state index is 0.189. The van der Waals surface area contributed by atoms with Gasteiger partial charge in [0.1, 0.15) is 28.6 Å². The standard InChI is InChI=1S/C35H36ClN7O3S/c1-22-20-47-33(39-22)35(21-38-34(44)46-19-23-8-3-2-4-9-23)26-13-14-42(18-27(26)35)28-17-37-31-30(24-10-7-11-25(36)16-24)41-43(32(31)40-28)29-12-5-6-15-45-29/h2-4,7-11,16-17,20,26-27,29H,5-6,12-15,18-19,21H2,1H3,(H,38,44). The van der Waals surface area contributed by atoms with Gasteiger partial charge in [-0.05, 0) is 62.1 Å². The number of hydrogen-bond donors (Lipinski definition) is 1. The Morgan fingerprint density at radius 2 is 2.02 bits per heavy atom. The summed E-state index contributed by atoms with van der Waals surface area (Å²) in [5.74, 6) is 1.53. The van der Waals surface area contributed by atoms with Gasteiger partial charge in [-0.2, -0.15) is 5.10 Å². The van der Waals surface area contributed by atoms with Gasteiger partial charge >= 0.3 is 6.09 Å². The summed E-state index contributed by atoms with van der Waals surface area (Å²) < 4.78 is 13.6. The average Bonchev–Trinajstić information content (AvgIpc) is 3.33. The van der Waals surface area contributed by atoms with E-state index in [0.717, 1.165) is 77.6 Å². The smallest absolute Gasteiger partial charge is 0.407 e. The number of amides is 1. The molecule has 2 saturated heterocycles. The number of piperidine rings is 1. The first-order chi connectivity index (χ1) is 23.0. The topological polar surface area (TPSA) is 107 Å². The number of carbonyl (C=O) groups excluding carboxylic acids is 1. The lowest BCUT2D eigenvalue weighted by Gasteiger charge is -2.27. The molecule has 2 aromatic carbocycles. The maximum atomic E-state index is 12.8. The molecule has 3 fully saturated rings. The van der Waals surface area contributed by atoms with Crippen LogP contribution in [0.25, 0.3) is 22.4 Å². The van der Waals surface area contributed by atoms with Gasteiger partial charge in [-0.25, -0.2) is 24.4 Å². The van der Waals surface area contributed by atoms with Gasteiger partial charge in [-0.15, -0.1) is 11.3 Å². The molecule has 47 heavy (non-hydrogen) atoms. The lowest BCUT2D eigenvalue weighted by Crippen LogP contribution is -2.35. The number of rotatable bonds is 8. The Hall–Kier alpha value is -4.06. The minimum atomic E-state index is -0.410. The molecule has 4 atom stereocenters. The predicted molar refractivity (Wildman–Crippen MR) is 182 cm³/mol. The van der Waals surface area contributed by atoms with Crippen LogP contribution in [0.2, 0.25) is 5.02 Å². The fourth-order valence-electron chi connectivity index (χ4n) is 7.40. The van der Waals surface area contributed by atoms with Gasteiger partial charge in [-0.1, -0.05) is 54.1 Å². The van der Waals surface area contributed by atoms with Crippen molar-refractivity contribution < 1.29 is 14.3 Å². The second-order valence-corrected chi connectivity index (χ2v) is 14.0. The molecule has 0 bridgehead atoms. The van der Waals surface area contributed by atoms with Crippen LogP contribution in [0.4, 0.5) is 10.6 Å². The van der Waals surface area contributed by atoms with Crippen molar-refractivity contribution >= 4 is 46.0 Å². The fraction of sp³-hybridized carbons (Fsp3) is 0.400. The molecule has 12 heteroatoms. The van der Waals surface area contributed by atoms with Crippen LogP contribution in [0.15, 0.2) is 66.2 Å². The van der Waals surface area contributed by atoms with Crippen LogP contribution in [0.1, 0.15) is 48.2 Å². The van der Waals surface area contributed by atoms with Gasteiger partial charge < -0.3 is 19.7 Å². The van der Waals surface area contributed by atoms with Crippen LogP contribution < -0.4 is 10.2 Å². The van der Waals surface area contributed by atoms with Crippen LogP contribution in [-0.4, -0.2) is 57.1 Å². The van der Waals surface area contributed by atoms with Crippen molar-refractivity contribution in [2.45, 2.75) is 50.9 Å². The molecule has 5 heterocycles. The van der Waals surface area contributed by atoms with Crippen LogP contribution in [0, 0.1) is 18.8 Å². The minimum Gasteiger partial charge on any atom is -0.445 e. The number of alkyl carbamates (subject to hydrolysis) is 1. The number of nitrogens with one attached hydrogen (secondary N) is 1. The van der Waals surface area contributed by atoms with E-state index in [0.29, 0.717) is 35.7 Å². The first kappa shape index (κ1) is 30.3. The Balaban J connectivity index is 1.05. The Labute approximate surface area is 282 Å². The highest BCUT2D eigenvalue weighted by Gasteiger charge is 2.68. The summed E-state index contributed by atoms with van der Waals surface area (Å²) in [4.78, 5) is 30.2. The molecule has 3 aliphatic rings. The van der Waals surface area contributed by atoms with E-state index in [1.54, 1.807) is 11.3 Å². The Morgan fingerprint density at radius 3 is 2.81 bits per heavy atom. The zero-order valence-electron chi connectivity index (χ0n) is 26.1. The van der Waals surface area contributed by atoms with E-state index in [1.807, 2.05) is 72.4 Å². The highest BCUT2D eigenvalue weighted by molar-refractivity contribution is 7.09. The zero-order chi connectivity index (χ0) is 32.0. The Kier molecular flexibility index (Phi) is 8.07.